The van der Waals surface area contributed by atoms with Crippen LogP contribution in [0.4, 0.5) is 0 Å². The Morgan fingerprint density at radius 3 is 2.33 bits per heavy atom. The summed E-state index contributed by atoms with van der Waals surface area (Å²) in [6.45, 7) is 7.01. The van der Waals surface area contributed by atoms with Crippen LogP contribution in [0, 0.1) is 5.92 Å². The number of carbonyl (C=O) groups excluding carboxylic acids is 2. The molecule has 0 aliphatic heterocycles. The third-order valence-corrected chi connectivity index (χ3v) is 2.64. The van der Waals surface area contributed by atoms with Crippen molar-refractivity contribution in [2.75, 3.05) is 0 Å². The first-order valence-corrected chi connectivity index (χ1v) is 6.02. The van der Waals surface area contributed by atoms with E-state index in [-0.39, 0.29) is 23.8 Å². The average molecular weight is 252 g/mol. The van der Waals surface area contributed by atoms with Gasteiger partial charge in [-0.05, 0) is 25.0 Å². The van der Waals surface area contributed by atoms with Gasteiger partial charge in [-0.3, -0.25) is 9.59 Å². The number of furan rings is 1. The van der Waals surface area contributed by atoms with Crippen LogP contribution in [0.3, 0.4) is 0 Å². The predicted molar refractivity (Wildman–Crippen MR) is 67.7 cm³/mol. The summed E-state index contributed by atoms with van der Waals surface area (Å²) in [6, 6.07) is 2.82. The van der Waals surface area contributed by atoms with Gasteiger partial charge in [0.2, 0.25) is 11.8 Å². The van der Waals surface area contributed by atoms with Crippen LogP contribution in [0.15, 0.2) is 22.8 Å². The molecule has 2 atom stereocenters. The fraction of sp³-hybridized carbons (Fsp3) is 0.538. The number of hydrogen-bond donors (Lipinski definition) is 2. The Kier molecular flexibility index (Phi) is 4.95. The third kappa shape index (κ3) is 3.91. The average Bonchev–Trinajstić information content (AvgIpc) is 2.78. The first kappa shape index (κ1) is 14.3. The Labute approximate surface area is 107 Å². The summed E-state index contributed by atoms with van der Waals surface area (Å²) in [5.74, 6) is 0.296. The fourth-order valence-electron chi connectivity index (χ4n) is 1.67. The molecule has 1 aromatic rings. The molecule has 5 heteroatoms. The lowest BCUT2D eigenvalue weighted by atomic mass is 10.0. The SMILES string of the molecule is CC(=O)N[C@H](C(=O)N[C@H](C)c1ccco1)C(C)C. The lowest BCUT2D eigenvalue weighted by molar-refractivity contribution is -0.129. The van der Waals surface area contributed by atoms with Crippen LogP contribution < -0.4 is 10.6 Å². The smallest absolute Gasteiger partial charge is 0.243 e. The fourth-order valence-corrected chi connectivity index (χ4v) is 1.67. The van der Waals surface area contributed by atoms with Gasteiger partial charge >= 0.3 is 0 Å². The molecule has 5 nitrogen and oxygen atoms in total. The Bertz CT molecular complexity index is 398. The molecule has 2 amide bonds. The molecule has 0 bridgehead atoms. The third-order valence-electron chi connectivity index (χ3n) is 2.64. The molecule has 2 N–H and O–H groups in total. The lowest BCUT2D eigenvalue weighted by Crippen LogP contribution is -2.49. The number of hydrogen-bond acceptors (Lipinski definition) is 3. The molecule has 100 valence electrons. The van der Waals surface area contributed by atoms with E-state index in [1.54, 1.807) is 18.4 Å². The van der Waals surface area contributed by atoms with Crippen LogP contribution in [0.25, 0.3) is 0 Å². The van der Waals surface area contributed by atoms with Gasteiger partial charge in [-0.2, -0.15) is 0 Å². The van der Waals surface area contributed by atoms with Crippen LogP contribution in [0.2, 0.25) is 0 Å². The van der Waals surface area contributed by atoms with E-state index in [0.29, 0.717) is 5.76 Å². The maximum absolute atomic E-state index is 12.1. The molecule has 0 radical (unpaired) electrons. The molecule has 0 aliphatic carbocycles. The maximum atomic E-state index is 12.1. The molecule has 1 heterocycles. The minimum Gasteiger partial charge on any atom is -0.467 e. The Hall–Kier alpha value is -1.78. The van der Waals surface area contributed by atoms with E-state index >= 15 is 0 Å². The maximum Gasteiger partial charge on any atom is 0.243 e. The topological polar surface area (TPSA) is 71.3 Å². The standard InChI is InChI=1S/C13H20N2O3/c1-8(2)12(15-10(4)16)13(17)14-9(3)11-6-5-7-18-11/h5-9,12H,1-4H3,(H,14,17)(H,15,16)/t9-,12+/m1/s1. The lowest BCUT2D eigenvalue weighted by Gasteiger charge is -2.22. The van der Waals surface area contributed by atoms with Crippen molar-refractivity contribution in [2.24, 2.45) is 5.92 Å². The van der Waals surface area contributed by atoms with Gasteiger partial charge in [0, 0.05) is 6.92 Å². The largest absolute Gasteiger partial charge is 0.467 e. The van der Waals surface area contributed by atoms with Crippen LogP contribution in [0.5, 0.6) is 0 Å². The normalized spacial score (nSPS) is 14.1. The van der Waals surface area contributed by atoms with Crippen LogP contribution in [-0.4, -0.2) is 17.9 Å². The first-order valence-electron chi connectivity index (χ1n) is 6.02. The number of carbonyl (C=O) groups is 2. The van der Waals surface area contributed by atoms with Gasteiger partial charge in [0.25, 0.3) is 0 Å². The summed E-state index contributed by atoms with van der Waals surface area (Å²) in [5.41, 5.74) is 0. The highest BCUT2D eigenvalue weighted by Gasteiger charge is 2.24. The van der Waals surface area contributed by atoms with E-state index < -0.39 is 6.04 Å². The molecular weight excluding hydrogens is 232 g/mol. The van der Waals surface area contributed by atoms with Gasteiger partial charge in [0.1, 0.15) is 11.8 Å². The van der Waals surface area contributed by atoms with E-state index in [1.165, 1.54) is 6.92 Å². The van der Waals surface area contributed by atoms with E-state index in [2.05, 4.69) is 10.6 Å². The van der Waals surface area contributed by atoms with Crippen molar-refractivity contribution in [1.82, 2.24) is 10.6 Å². The van der Waals surface area contributed by atoms with Crippen LogP contribution in [-0.2, 0) is 9.59 Å². The van der Waals surface area contributed by atoms with Crippen molar-refractivity contribution in [2.45, 2.75) is 39.8 Å². The zero-order chi connectivity index (χ0) is 13.7. The van der Waals surface area contributed by atoms with Gasteiger partial charge in [0.05, 0.1) is 12.3 Å². The van der Waals surface area contributed by atoms with Gasteiger partial charge < -0.3 is 15.1 Å². The molecule has 1 rings (SSSR count). The van der Waals surface area contributed by atoms with Gasteiger partial charge in [0.15, 0.2) is 0 Å². The number of rotatable bonds is 5. The molecule has 0 saturated heterocycles. The minimum atomic E-state index is -0.528. The predicted octanol–water partition coefficient (Wildman–Crippen LogP) is 1.62. The molecule has 0 unspecified atom stereocenters. The second-order valence-corrected chi connectivity index (χ2v) is 4.67. The summed E-state index contributed by atoms with van der Waals surface area (Å²) in [4.78, 5) is 23.1. The molecule has 0 spiro atoms. The quantitative estimate of drug-likeness (QED) is 0.836. The summed E-state index contributed by atoms with van der Waals surface area (Å²) in [7, 11) is 0. The Morgan fingerprint density at radius 2 is 1.89 bits per heavy atom. The van der Waals surface area contributed by atoms with Crippen molar-refractivity contribution in [1.29, 1.82) is 0 Å². The zero-order valence-electron chi connectivity index (χ0n) is 11.2. The van der Waals surface area contributed by atoms with Crippen molar-refractivity contribution in [3.05, 3.63) is 24.2 Å². The first-order chi connectivity index (χ1) is 8.41. The van der Waals surface area contributed by atoms with Gasteiger partial charge in [-0.15, -0.1) is 0 Å². The van der Waals surface area contributed by atoms with Gasteiger partial charge in [-0.25, -0.2) is 0 Å². The van der Waals surface area contributed by atoms with E-state index in [1.807, 2.05) is 20.8 Å². The number of nitrogens with one attached hydrogen (secondary N) is 2. The summed E-state index contributed by atoms with van der Waals surface area (Å²) in [6.07, 6.45) is 1.56. The molecule has 0 aromatic carbocycles. The summed E-state index contributed by atoms with van der Waals surface area (Å²) in [5, 5.41) is 5.47. The van der Waals surface area contributed by atoms with Crippen molar-refractivity contribution in [3.63, 3.8) is 0 Å². The monoisotopic (exact) mass is 252 g/mol. The minimum absolute atomic E-state index is 0.0256. The molecule has 0 saturated carbocycles. The number of amides is 2. The molecule has 0 aliphatic rings. The molecule has 1 aromatic heterocycles. The van der Waals surface area contributed by atoms with E-state index in [4.69, 9.17) is 4.42 Å². The van der Waals surface area contributed by atoms with E-state index in [9.17, 15) is 9.59 Å². The van der Waals surface area contributed by atoms with Crippen LogP contribution >= 0.6 is 0 Å². The van der Waals surface area contributed by atoms with Crippen molar-refractivity contribution >= 4 is 11.8 Å². The van der Waals surface area contributed by atoms with Crippen molar-refractivity contribution in [3.8, 4) is 0 Å². The highest BCUT2D eigenvalue weighted by Crippen LogP contribution is 2.13. The Morgan fingerprint density at radius 1 is 1.22 bits per heavy atom. The van der Waals surface area contributed by atoms with Gasteiger partial charge in [-0.1, -0.05) is 13.8 Å². The highest BCUT2D eigenvalue weighted by atomic mass is 16.3. The Balaban J connectivity index is 2.64. The highest BCUT2D eigenvalue weighted by molar-refractivity contribution is 5.87. The second kappa shape index (κ2) is 6.23. The molecule has 18 heavy (non-hydrogen) atoms. The molecular formula is C13H20N2O3. The second-order valence-electron chi connectivity index (χ2n) is 4.67. The van der Waals surface area contributed by atoms with Crippen LogP contribution in [0.1, 0.15) is 39.5 Å². The summed E-state index contributed by atoms with van der Waals surface area (Å²) >= 11 is 0. The van der Waals surface area contributed by atoms with E-state index in [0.717, 1.165) is 0 Å². The summed E-state index contributed by atoms with van der Waals surface area (Å²) < 4.78 is 5.22. The zero-order valence-corrected chi connectivity index (χ0v) is 11.2. The van der Waals surface area contributed by atoms with Crippen molar-refractivity contribution < 1.29 is 14.0 Å². The molecule has 0 fully saturated rings.